The summed E-state index contributed by atoms with van der Waals surface area (Å²) in [6, 6.07) is 13.8. The number of carbonyl (C=O) groups excluding carboxylic acids is 1. The Bertz CT molecular complexity index is 1200. The van der Waals surface area contributed by atoms with Gasteiger partial charge in [0.2, 0.25) is 5.88 Å². The van der Waals surface area contributed by atoms with Gasteiger partial charge in [-0.1, -0.05) is 12.1 Å². The highest BCUT2D eigenvalue weighted by molar-refractivity contribution is 7.14. The molecule has 1 N–H and O–H groups in total. The molecule has 0 saturated carbocycles. The lowest BCUT2D eigenvalue weighted by Gasteiger charge is -2.31. The van der Waals surface area contributed by atoms with Crippen LogP contribution in [0.2, 0.25) is 0 Å². The van der Waals surface area contributed by atoms with E-state index in [4.69, 9.17) is 15.0 Å². The van der Waals surface area contributed by atoms with Gasteiger partial charge in [0.05, 0.1) is 12.6 Å². The summed E-state index contributed by atoms with van der Waals surface area (Å²) in [5.41, 5.74) is 1.51. The first-order chi connectivity index (χ1) is 17.7. The van der Waals surface area contributed by atoms with Crippen LogP contribution >= 0.6 is 11.3 Å². The van der Waals surface area contributed by atoms with Crippen LogP contribution in [0.25, 0.3) is 0 Å². The molecule has 2 aliphatic rings. The molecule has 0 radical (unpaired) electrons. The molecule has 0 spiro atoms. The second kappa shape index (κ2) is 11.5. The van der Waals surface area contributed by atoms with E-state index in [0.717, 1.165) is 50.3 Å². The number of hydrogen-bond acceptors (Lipinski definition) is 9. The van der Waals surface area contributed by atoms with E-state index >= 15 is 0 Å². The summed E-state index contributed by atoms with van der Waals surface area (Å²) in [6.45, 7) is 3.59. The highest BCUT2D eigenvalue weighted by Gasteiger charge is 2.26. The number of aromatic nitrogens is 3. The maximum atomic E-state index is 13.0. The number of nitrogens with zero attached hydrogens (tertiary/aromatic N) is 6. The van der Waals surface area contributed by atoms with Gasteiger partial charge in [0.25, 0.3) is 5.91 Å². The molecule has 5 rings (SSSR count). The zero-order valence-corrected chi connectivity index (χ0v) is 20.9. The van der Waals surface area contributed by atoms with E-state index in [2.05, 4.69) is 32.3 Å². The number of piperidine rings is 2. The van der Waals surface area contributed by atoms with Gasteiger partial charge in [0, 0.05) is 55.2 Å². The number of ether oxygens (including phenoxy) is 1. The van der Waals surface area contributed by atoms with Gasteiger partial charge in [0.15, 0.2) is 5.13 Å². The predicted molar refractivity (Wildman–Crippen MR) is 137 cm³/mol. The van der Waals surface area contributed by atoms with Crippen molar-refractivity contribution < 1.29 is 9.53 Å². The Balaban J connectivity index is 1.14. The van der Waals surface area contributed by atoms with E-state index in [-0.39, 0.29) is 12.0 Å². The molecule has 2 saturated heterocycles. The smallest absolute Gasteiger partial charge is 0.273 e. The van der Waals surface area contributed by atoms with Gasteiger partial charge in [-0.3, -0.25) is 9.69 Å². The van der Waals surface area contributed by atoms with Crippen LogP contribution in [-0.4, -0.2) is 69.5 Å². The first kappa shape index (κ1) is 24.2. The average molecular weight is 504 g/mol. The second-order valence-corrected chi connectivity index (χ2v) is 9.95. The maximum Gasteiger partial charge on any atom is 0.273 e. The summed E-state index contributed by atoms with van der Waals surface area (Å²) in [4.78, 5) is 30.6. The molecule has 1 amide bonds. The minimum Gasteiger partial charge on any atom is -0.474 e. The van der Waals surface area contributed by atoms with Crippen molar-refractivity contribution in [2.24, 2.45) is 0 Å². The number of rotatable bonds is 7. The fourth-order valence-corrected chi connectivity index (χ4v) is 5.39. The first-order valence-corrected chi connectivity index (χ1v) is 13.2. The largest absolute Gasteiger partial charge is 0.474 e. The van der Waals surface area contributed by atoms with Crippen LogP contribution in [0.4, 0.5) is 10.9 Å². The molecule has 0 aliphatic carbocycles. The third kappa shape index (κ3) is 5.98. The van der Waals surface area contributed by atoms with Crippen LogP contribution in [0.3, 0.4) is 0 Å². The number of hydrogen-bond donors (Lipinski definition) is 1. The molecule has 10 heteroatoms. The van der Waals surface area contributed by atoms with Crippen molar-refractivity contribution in [3.8, 4) is 11.9 Å². The Labute approximate surface area is 214 Å². The summed E-state index contributed by atoms with van der Waals surface area (Å²) in [7, 11) is 0. The van der Waals surface area contributed by atoms with Crippen molar-refractivity contribution >= 4 is 28.2 Å². The summed E-state index contributed by atoms with van der Waals surface area (Å²) < 4.78 is 5.93. The van der Waals surface area contributed by atoms with Crippen LogP contribution in [0.1, 0.15) is 47.8 Å². The quantitative estimate of drug-likeness (QED) is 0.481. The lowest BCUT2D eigenvalue weighted by molar-refractivity contribution is 0.0583. The number of pyridine rings is 2. The summed E-state index contributed by atoms with van der Waals surface area (Å²) in [5, 5.41) is 14.6. The molecule has 2 fully saturated rings. The van der Waals surface area contributed by atoms with Crippen LogP contribution in [0.5, 0.6) is 5.88 Å². The third-order valence-corrected chi connectivity index (χ3v) is 7.44. The Morgan fingerprint density at radius 1 is 1.08 bits per heavy atom. The lowest BCUT2D eigenvalue weighted by Crippen LogP contribution is -2.42. The molecule has 0 unspecified atom stereocenters. The lowest BCUT2D eigenvalue weighted by atomic mass is 9.93. The number of carbonyl (C=O) groups is 1. The van der Waals surface area contributed by atoms with E-state index in [1.54, 1.807) is 11.6 Å². The number of thiazole rings is 1. The van der Waals surface area contributed by atoms with Crippen molar-refractivity contribution in [2.75, 3.05) is 38.0 Å². The van der Waals surface area contributed by atoms with Gasteiger partial charge >= 0.3 is 0 Å². The standard InChI is InChI=1S/C26H29N7O2S/c27-11-17-32-13-7-19(8-14-32)21-4-3-5-23(29-21)31-26-30-22(18-36-26)25(34)33-15-9-20(10-16-33)35-24-6-1-2-12-28-24/h1-6,12,18-20H,7-10,13-17H2,(H,29,30,31). The molecule has 36 heavy (non-hydrogen) atoms. The fourth-order valence-electron chi connectivity index (χ4n) is 4.70. The van der Waals surface area contributed by atoms with Crippen LogP contribution in [0.15, 0.2) is 48.0 Å². The number of amides is 1. The van der Waals surface area contributed by atoms with Gasteiger partial charge in [-0.05, 0) is 44.1 Å². The van der Waals surface area contributed by atoms with Gasteiger partial charge in [-0.2, -0.15) is 5.26 Å². The first-order valence-electron chi connectivity index (χ1n) is 12.3. The Morgan fingerprint density at radius 3 is 2.67 bits per heavy atom. The fraction of sp³-hybridized carbons (Fsp3) is 0.423. The molecule has 0 aromatic carbocycles. The SMILES string of the molecule is N#CCN1CCC(c2cccc(Nc3nc(C(=O)N4CCC(Oc5ccccn5)CC4)cs3)n2)CC1. The van der Waals surface area contributed by atoms with Crippen molar-refractivity contribution in [1.82, 2.24) is 24.8 Å². The molecular formula is C26H29N7O2S. The van der Waals surface area contributed by atoms with Crippen LogP contribution < -0.4 is 10.1 Å². The van der Waals surface area contributed by atoms with Gasteiger partial charge < -0.3 is 15.0 Å². The van der Waals surface area contributed by atoms with Crippen molar-refractivity contribution in [3.63, 3.8) is 0 Å². The summed E-state index contributed by atoms with van der Waals surface area (Å²) in [5.74, 6) is 1.69. The minimum atomic E-state index is -0.0542. The van der Waals surface area contributed by atoms with E-state index < -0.39 is 0 Å². The monoisotopic (exact) mass is 503 g/mol. The Morgan fingerprint density at radius 2 is 1.92 bits per heavy atom. The van der Waals surface area contributed by atoms with Crippen molar-refractivity contribution in [3.05, 3.63) is 59.4 Å². The van der Waals surface area contributed by atoms with Gasteiger partial charge in [-0.15, -0.1) is 11.3 Å². The van der Waals surface area contributed by atoms with Crippen molar-refractivity contribution in [2.45, 2.75) is 37.7 Å². The molecule has 3 aromatic heterocycles. The molecule has 2 aliphatic heterocycles. The summed E-state index contributed by atoms with van der Waals surface area (Å²) >= 11 is 1.41. The minimum absolute atomic E-state index is 0.0542. The molecule has 3 aromatic rings. The third-order valence-electron chi connectivity index (χ3n) is 6.68. The molecule has 5 heterocycles. The second-order valence-electron chi connectivity index (χ2n) is 9.10. The van der Waals surface area contributed by atoms with Crippen LogP contribution in [-0.2, 0) is 0 Å². The number of nitrogens with one attached hydrogen (secondary N) is 1. The van der Waals surface area contributed by atoms with E-state index in [1.807, 2.05) is 35.2 Å². The zero-order valence-electron chi connectivity index (χ0n) is 20.0. The van der Waals surface area contributed by atoms with E-state index in [9.17, 15) is 4.79 Å². The molecule has 0 atom stereocenters. The zero-order chi connectivity index (χ0) is 24.7. The predicted octanol–water partition coefficient (Wildman–Crippen LogP) is 4.06. The van der Waals surface area contributed by atoms with Gasteiger partial charge in [0.1, 0.15) is 17.6 Å². The highest BCUT2D eigenvalue weighted by atomic mass is 32.1. The van der Waals surface area contributed by atoms with E-state index in [1.165, 1.54) is 11.3 Å². The molecular weight excluding hydrogens is 474 g/mol. The molecule has 186 valence electrons. The topological polar surface area (TPSA) is 107 Å². The number of likely N-dealkylation sites (tertiary alicyclic amines) is 2. The average Bonchev–Trinajstić information content (AvgIpc) is 3.38. The summed E-state index contributed by atoms with van der Waals surface area (Å²) in [6.07, 6.45) is 5.31. The highest BCUT2D eigenvalue weighted by Crippen LogP contribution is 2.28. The molecule has 9 nitrogen and oxygen atoms in total. The van der Waals surface area contributed by atoms with Crippen molar-refractivity contribution in [1.29, 1.82) is 5.26 Å². The molecule has 0 bridgehead atoms. The number of nitriles is 1. The normalized spacial score (nSPS) is 17.5. The Kier molecular flexibility index (Phi) is 7.69. The number of anilines is 2. The Hall–Kier alpha value is -3.55. The van der Waals surface area contributed by atoms with Crippen LogP contribution in [0, 0.1) is 11.3 Å². The van der Waals surface area contributed by atoms with E-state index in [0.29, 0.717) is 42.3 Å². The van der Waals surface area contributed by atoms with Gasteiger partial charge in [-0.25, -0.2) is 15.0 Å². The maximum absolute atomic E-state index is 13.0.